The largest absolute Gasteiger partial charge is 0.445 e. The van der Waals surface area contributed by atoms with Crippen molar-refractivity contribution in [1.29, 1.82) is 0 Å². The zero-order chi connectivity index (χ0) is 95.4. The minimum atomic E-state index is -0.543. The van der Waals surface area contributed by atoms with Gasteiger partial charge in [0.15, 0.2) is 0 Å². The Balaban J connectivity index is 0.000000138. The molecule has 0 saturated carbocycles. The number of H-pyrrole nitrogens is 5. The average molecular weight is 1980 g/mol. The fourth-order valence-electron chi connectivity index (χ4n) is 18.2. The van der Waals surface area contributed by atoms with Crippen LogP contribution < -0.4 is 0 Å². The Morgan fingerprint density at radius 1 is 0.355 bits per heavy atom. The first-order valence-corrected chi connectivity index (χ1v) is 48.8. The van der Waals surface area contributed by atoms with E-state index in [-0.39, 0.29) is 74.3 Å². The maximum absolute atomic E-state index is 12.9. The molecule has 5 aliphatic heterocycles. The number of halogens is 2. The third kappa shape index (κ3) is 24.0. The van der Waals surface area contributed by atoms with Crippen molar-refractivity contribution in [2.24, 2.45) is 0 Å². The molecule has 0 aliphatic carbocycles. The van der Waals surface area contributed by atoms with Gasteiger partial charge in [0.2, 0.25) is 0 Å². The monoisotopic (exact) mass is 1980 g/mol. The van der Waals surface area contributed by atoms with Gasteiger partial charge in [-0.1, -0.05) is 229 Å². The van der Waals surface area contributed by atoms with Crippen LogP contribution >= 0.6 is 31.9 Å². The lowest BCUT2D eigenvalue weighted by Crippen LogP contribution is -2.36. The smallest absolute Gasteiger partial charge is 0.410 e. The van der Waals surface area contributed by atoms with Crippen LogP contribution in [0.4, 0.5) is 24.0 Å². The average Bonchev–Trinajstić information content (AvgIpc) is 1.57. The third-order valence-corrected chi connectivity index (χ3v) is 26.1. The van der Waals surface area contributed by atoms with Crippen molar-refractivity contribution in [1.82, 2.24) is 74.3 Å². The SMILES string of the molecule is C.CC.CC(C)(C)OC(=O)N1CCCC1c1nc2ccc(-c3ccc4cc(-c5cnc(C6CCN(C(=O)OCc7ccccc7)C6)[nH]5)ccc4c3)cc2[nH]1.CC(C)(C)OC(=O)N1CCCC1c1nc2ccc(Br)cc2[nH]1.Cc1ccc2cc(-c3cnc(C4CCN(C(=O)OCc5ccccc5)C4)[nH]3)ccc2c1.O=C(OCc1ccccc1)N1CCC(c2ncc(-c3ccc4cc(Br)ccc4c3)[nH]2)C1. The number of carbonyl (C=O) groups is 5. The molecule has 16 aromatic rings. The van der Waals surface area contributed by atoms with Gasteiger partial charge in [-0.05, 0) is 220 Å². The number of aromatic amines is 5. The quantitative estimate of drug-likeness (QED) is 0.0596. The van der Waals surface area contributed by atoms with E-state index in [2.05, 4.69) is 200 Å². The maximum Gasteiger partial charge on any atom is 0.410 e. The molecule has 0 radical (unpaired) electrons. The molecule has 0 spiro atoms. The number of hydrogen-bond donors (Lipinski definition) is 5. The summed E-state index contributed by atoms with van der Waals surface area (Å²) in [5.41, 5.74) is 15.3. The molecule has 11 aromatic carbocycles. The number of aromatic nitrogens is 10. The van der Waals surface area contributed by atoms with E-state index in [4.69, 9.17) is 33.7 Å². The molecule has 0 bridgehead atoms. The second-order valence-electron chi connectivity index (χ2n) is 37.3. The number of benzene rings is 11. The number of hydrogen-bond acceptors (Lipinski definition) is 15. The van der Waals surface area contributed by atoms with Crippen molar-refractivity contribution in [2.45, 2.75) is 176 Å². The Morgan fingerprint density at radius 3 is 1.09 bits per heavy atom. The number of rotatable bonds is 15. The first-order valence-electron chi connectivity index (χ1n) is 47.2. The number of nitrogens with one attached hydrogen (secondary N) is 5. The summed E-state index contributed by atoms with van der Waals surface area (Å²) in [4.78, 5) is 112. The Labute approximate surface area is 821 Å². The first kappa shape index (κ1) is 97.2. The highest BCUT2D eigenvalue weighted by molar-refractivity contribution is 9.10. The van der Waals surface area contributed by atoms with Gasteiger partial charge in [-0.15, -0.1) is 0 Å². The summed E-state index contributed by atoms with van der Waals surface area (Å²) in [5.74, 6) is 4.89. The van der Waals surface area contributed by atoms with Gasteiger partial charge in [0.1, 0.15) is 60.1 Å². The van der Waals surface area contributed by atoms with Crippen LogP contribution in [0.3, 0.4) is 0 Å². The summed E-state index contributed by atoms with van der Waals surface area (Å²) in [6, 6.07) is 79.8. The molecule has 5 unspecified atom stereocenters. The van der Waals surface area contributed by atoms with Crippen LogP contribution in [-0.2, 0) is 43.5 Å². The van der Waals surface area contributed by atoms with Gasteiger partial charge in [-0.25, -0.2) is 48.9 Å². The van der Waals surface area contributed by atoms with Crippen LogP contribution in [0.2, 0.25) is 0 Å². The molecule has 5 saturated heterocycles. The van der Waals surface area contributed by atoms with Gasteiger partial charge in [0.25, 0.3) is 0 Å². The number of ether oxygens (including phenoxy) is 5. The number of amides is 5. The summed E-state index contributed by atoms with van der Waals surface area (Å²) in [6.07, 6.45) is 10.5. The van der Waals surface area contributed by atoms with Crippen molar-refractivity contribution >= 4 is 117 Å². The van der Waals surface area contributed by atoms with Crippen molar-refractivity contribution in [3.8, 4) is 44.9 Å². The van der Waals surface area contributed by atoms with Crippen molar-refractivity contribution < 1.29 is 47.7 Å². The van der Waals surface area contributed by atoms with E-state index in [1.165, 1.54) is 27.1 Å². The van der Waals surface area contributed by atoms with E-state index in [0.29, 0.717) is 65.6 Å². The Morgan fingerprint density at radius 2 is 0.681 bits per heavy atom. The Bertz CT molecular complexity index is 6750. The van der Waals surface area contributed by atoms with Crippen LogP contribution in [-0.4, -0.2) is 168 Å². The molecule has 5 aliphatic rings. The molecule has 5 atom stereocenters. The molecule has 5 N–H and O–H groups in total. The summed E-state index contributed by atoms with van der Waals surface area (Å²) >= 11 is 6.98. The first-order chi connectivity index (χ1) is 66.3. The molecule has 25 nitrogen and oxygen atoms in total. The van der Waals surface area contributed by atoms with Crippen LogP contribution in [0.1, 0.15) is 189 Å². The van der Waals surface area contributed by atoms with Crippen molar-refractivity contribution in [2.75, 3.05) is 52.4 Å². The zero-order valence-corrected chi connectivity index (χ0v) is 81.8. The molecule has 5 amide bonds. The third-order valence-electron chi connectivity index (χ3n) is 25.2. The number of nitrogens with zero attached hydrogens (tertiary/aromatic N) is 10. The summed E-state index contributed by atoms with van der Waals surface area (Å²) < 4.78 is 29.7. The Kier molecular flexibility index (Phi) is 30.7. The van der Waals surface area contributed by atoms with Gasteiger partial charge < -0.3 is 63.3 Å². The van der Waals surface area contributed by atoms with Crippen molar-refractivity contribution in [3.05, 3.63) is 316 Å². The lowest BCUT2D eigenvalue weighted by Gasteiger charge is -2.27. The highest BCUT2D eigenvalue weighted by Crippen LogP contribution is 2.40. The van der Waals surface area contributed by atoms with E-state index in [0.717, 1.165) is 177 Å². The molecular weight excluding hydrogens is 1860 g/mol. The minimum Gasteiger partial charge on any atom is -0.445 e. The molecular formula is C111H119Br2N15O10. The standard InChI is InChI=1S/C41H42N6O4.C26H25N3O2.C25H22BrN3O2.C16H20BrN3O2.C2H6.CH4/c1-41(2,3)51-40(49)47-18-7-10-36(47)38-43-33-16-15-30(22-34(33)44-38)28-11-12-29-21-31(14-13-27(29)20-28)35-23-42-37(45-35)32-17-19-46(24-32)39(48)50-25-26-8-5-4-6-9-26;1-18-7-8-21-14-22(10-9-20(21)13-18)24-15-27-25(28-24)23-11-12-29(16-23)26(30)31-17-19-5-3-2-4-6-19;26-22-9-8-18-12-20(7-6-19(18)13-22)23-14-27-24(28-23)21-10-11-29(15-21)25(30)31-16-17-4-2-1-3-5-17;1-16(2,3)22-15(21)20-8-4-5-13(20)14-18-11-7-6-10(17)9-12(11)19-14;1-2;/h4-6,8-9,11-16,20-23,32,36H,7,10,17-19,24-25H2,1-3H3,(H,42,45)(H,43,44);2-10,13-15,23H,11-12,16-17H2,1H3,(H,27,28);1-9,12-14,21H,10-11,15-16H2,(H,27,28);6-7,9,13H,4-5,8H2,1-3H3,(H,18,19);1-2H3;1H4. The molecule has 5 aromatic heterocycles. The van der Waals surface area contributed by atoms with Crippen LogP contribution in [0.15, 0.2) is 264 Å². The molecule has 138 heavy (non-hydrogen) atoms. The molecule has 27 heteroatoms. The minimum absolute atomic E-state index is 0. The van der Waals surface area contributed by atoms with Gasteiger partial charge >= 0.3 is 30.5 Å². The van der Waals surface area contributed by atoms with E-state index in [9.17, 15) is 24.0 Å². The van der Waals surface area contributed by atoms with Crippen LogP contribution in [0.5, 0.6) is 0 Å². The normalized spacial score (nSPS) is 16.8. The number of fused-ring (bicyclic) bond motifs is 5. The zero-order valence-electron chi connectivity index (χ0n) is 78.7. The lowest BCUT2D eigenvalue weighted by atomic mass is 9.99. The fourth-order valence-corrected chi connectivity index (χ4v) is 18.9. The van der Waals surface area contributed by atoms with Crippen LogP contribution in [0, 0.1) is 6.92 Å². The molecule has 712 valence electrons. The summed E-state index contributed by atoms with van der Waals surface area (Å²) in [6.45, 7) is 23.5. The summed E-state index contributed by atoms with van der Waals surface area (Å²) in [7, 11) is 0. The summed E-state index contributed by atoms with van der Waals surface area (Å²) in [5, 5.41) is 7.11. The predicted octanol–water partition coefficient (Wildman–Crippen LogP) is 26.8. The highest BCUT2D eigenvalue weighted by atomic mass is 79.9. The van der Waals surface area contributed by atoms with E-state index < -0.39 is 11.2 Å². The van der Waals surface area contributed by atoms with E-state index >= 15 is 0 Å². The van der Waals surface area contributed by atoms with Gasteiger partial charge in [-0.3, -0.25) is 9.80 Å². The maximum atomic E-state index is 12.9. The Hall–Kier alpha value is -13.9. The second-order valence-corrected chi connectivity index (χ2v) is 39.1. The van der Waals surface area contributed by atoms with E-state index in [1.807, 2.05) is 189 Å². The topological polar surface area (TPSA) is 291 Å². The van der Waals surface area contributed by atoms with Crippen LogP contribution in [0.25, 0.3) is 99.3 Å². The van der Waals surface area contributed by atoms with Gasteiger partial charge in [-0.2, -0.15) is 0 Å². The van der Waals surface area contributed by atoms with Gasteiger partial charge in [0, 0.05) is 95.7 Å². The lowest BCUT2D eigenvalue weighted by molar-refractivity contribution is 0.0208. The number of likely N-dealkylation sites (tertiary alicyclic amines) is 5. The van der Waals surface area contributed by atoms with E-state index in [1.54, 1.807) is 24.5 Å². The second kappa shape index (κ2) is 43.6. The fraction of sp³-hybridized carbons (Fsp3) is 0.315. The highest BCUT2D eigenvalue weighted by Gasteiger charge is 2.39. The molecule has 5 fully saturated rings. The van der Waals surface area contributed by atoms with Crippen molar-refractivity contribution in [3.63, 3.8) is 0 Å². The molecule has 21 rings (SSSR count). The predicted molar refractivity (Wildman–Crippen MR) is 550 cm³/mol. The van der Waals surface area contributed by atoms with Gasteiger partial charge in [0.05, 0.1) is 69.8 Å². The number of carbonyl (C=O) groups excluding carboxylic acids is 5. The molecule has 10 heterocycles. The number of imidazole rings is 5. The number of aryl methyl sites for hydroxylation is 1.